The Kier molecular flexibility index (Phi) is 6.24. The number of carboxylic acid groups (broad SMARTS) is 1. The number of carboxylic acids is 1. The molecule has 144 valence electrons. The molecule has 0 unspecified atom stereocenters. The maximum Gasteiger partial charge on any atom is 0.308 e. The van der Waals surface area contributed by atoms with Gasteiger partial charge < -0.3 is 14.7 Å². The van der Waals surface area contributed by atoms with Gasteiger partial charge in [0.05, 0.1) is 17.5 Å². The lowest BCUT2D eigenvalue weighted by Crippen LogP contribution is -2.40. The minimum Gasteiger partial charge on any atom is -0.481 e. The lowest BCUT2D eigenvalue weighted by atomic mass is 9.98. The van der Waals surface area contributed by atoms with Crippen LogP contribution in [0.15, 0.2) is 35.4 Å². The van der Waals surface area contributed by atoms with Gasteiger partial charge in [-0.1, -0.05) is 23.7 Å². The number of carbonyl (C=O) groups is 3. The second-order valence-electron chi connectivity index (χ2n) is 6.45. The zero-order chi connectivity index (χ0) is 19.6. The summed E-state index contributed by atoms with van der Waals surface area (Å²) in [4.78, 5) is 39.1. The molecule has 0 radical (unpaired) electrons. The molecule has 1 amide bonds. The van der Waals surface area contributed by atoms with Crippen molar-refractivity contribution in [1.29, 1.82) is 0 Å². The standard InChI is InChI=1S/C19H20ClNO5S/c1-27-19-16(17(24)12-6-2-3-7-14(12)20)13(9-15(22)23)18(25)21(19)10-11-5-4-8-26-11/h2-3,6-7,11,19H,4-5,8-10H2,1H3,(H,22,23)/t11-,19+/m1/s1. The molecule has 0 aromatic heterocycles. The number of aliphatic carboxylic acids is 1. The Morgan fingerprint density at radius 2 is 2.11 bits per heavy atom. The number of halogens is 1. The van der Waals surface area contributed by atoms with Gasteiger partial charge in [0.1, 0.15) is 5.37 Å². The maximum absolute atomic E-state index is 13.2. The van der Waals surface area contributed by atoms with Gasteiger partial charge in [0.2, 0.25) is 0 Å². The van der Waals surface area contributed by atoms with Crippen LogP contribution in [0.3, 0.4) is 0 Å². The van der Waals surface area contributed by atoms with Gasteiger partial charge in [0.15, 0.2) is 5.78 Å². The van der Waals surface area contributed by atoms with Crippen LogP contribution in [0.5, 0.6) is 0 Å². The number of thioether (sulfide) groups is 1. The van der Waals surface area contributed by atoms with Crippen LogP contribution in [-0.4, -0.2) is 58.6 Å². The van der Waals surface area contributed by atoms with Crippen LogP contribution >= 0.6 is 23.4 Å². The topological polar surface area (TPSA) is 83.9 Å². The fraction of sp³-hybridized carbons (Fsp3) is 0.421. The van der Waals surface area contributed by atoms with Crippen molar-refractivity contribution in [2.45, 2.75) is 30.7 Å². The summed E-state index contributed by atoms with van der Waals surface area (Å²) in [5.74, 6) is -1.97. The molecule has 1 aromatic rings. The highest BCUT2D eigenvalue weighted by Gasteiger charge is 2.44. The Morgan fingerprint density at radius 1 is 1.37 bits per heavy atom. The number of hydrogen-bond acceptors (Lipinski definition) is 5. The minimum absolute atomic E-state index is 0.0322. The molecule has 2 atom stereocenters. The van der Waals surface area contributed by atoms with Crippen molar-refractivity contribution in [2.75, 3.05) is 19.4 Å². The van der Waals surface area contributed by atoms with E-state index in [9.17, 15) is 19.5 Å². The van der Waals surface area contributed by atoms with Crippen LogP contribution in [0.25, 0.3) is 0 Å². The molecule has 1 saturated heterocycles. The number of benzene rings is 1. The highest BCUT2D eigenvalue weighted by Crippen LogP contribution is 2.37. The van der Waals surface area contributed by atoms with Crippen molar-refractivity contribution in [1.82, 2.24) is 4.90 Å². The van der Waals surface area contributed by atoms with E-state index < -0.39 is 29.5 Å². The molecule has 8 heteroatoms. The molecule has 0 bridgehead atoms. The van der Waals surface area contributed by atoms with Crippen LogP contribution < -0.4 is 0 Å². The molecule has 2 aliphatic rings. The average molecular weight is 410 g/mol. The van der Waals surface area contributed by atoms with Crippen LogP contribution in [-0.2, 0) is 14.3 Å². The molecule has 1 N–H and O–H groups in total. The number of hydrogen-bond donors (Lipinski definition) is 1. The summed E-state index contributed by atoms with van der Waals surface area (Å²) in [6.45, 7) is 0.990. The Morgan fingerprint density at radius 3 is 2.70 bits per heavy atom. The summed E-state index contributed by atoms with van der Waals surface area (Å²) in [5.41, 5.74) is 0.508. The van der Waals surface area contributed by atoms with Crippen molar-refractivity contribution < 1.29 is 24.2 Å². The van der Waals surface area contributed by atoms with Gasteiger partial charge in [-0.05, 0) is 31.2 Å². The van der Waals surface area contributed by atoms with Crippen molar-refractivity contribution in [2.24, 2.45) is 0 Å². The van der Waals surface area contributed by atoms with Crippen LogP contribution in [0.2, 0.25) is 5.02 Å². The molecule has 27 heavy (non-hydrogen) atoms. The predicted octanol–water partition coefficient (Wildman–Crippen LogP) is 3.00. The smallest absolute Gasteiger partial charge is 0.308 e. The molecule has 0 saturated carbocycles. The number of amides is 1. The Balaban J connectivity index is 2.00. The first kappa shape index (κ1) is 19.9. The number of ketones is 1. The first-order valence-electron chi connectivity index (χ1n) is 8.63. The Bertz CT molecular complexity index is 803. The highest BCUT2D eigenvalue weighted by atomic mass is 35.5. The van der Waals surface area contributed by atoms with E-state index in [1.165, 1.54) is 11.8 Å². The summed E-state index contributed by atoms with van der Waals surface area (Å²) in [6, 6.07) is 6.58. The van der Waals surface area contributed by atoms with E-state index in [1.54, 1.807) is 35.4 Å². The first-order chi connectivity index (χ1) is 12.9. The SMILES string of the molecule is CS[C@H]1C(C(=O)c2ccccc2Cl)=C(CC(=O)O)C(=O)N1C[C@H]1CCCO1. The van der Waals surface area contributed by atoms with Crippen molar-refractivity contribution in [3.63, 3.8) is 0 Å². The number of nitrogens with zero attached hydrogens (tertiary/aromatic N) is 1. The monoisotopic (exact) mass is 409 g/mol. The molecule has 1 aromatic carbocycles. The van der Waals surface area contributed by atoms with E-state index in [-0.39, 0.29) is 27.8 Å². The normalized spacial score (nSPS) is 22.6. The van der Waals surface area contributed by atoms with Crippen molar-refractivity contribution >= 4 is 41.0 Å². The third kappa shape index (κ3) is 4.05. The van der Waals surface area contributed by atoms with E-state index in [1.807, 2.05) is 0 Å². The van der Waals surface area contributed by atoms with Crippen molar-refractivity contribution in [3.05, 3.63) is 46.0 Å². The quantitative estimate of drug-likeness (QED) is 0.697. The first-order valence-corrected chi connectivity index (χ1v) is 10.3. The third-order valence-electron chi connectivity index (χ3n) is 4.71. The molecule has 3 rings (SSSR count). The van der Waals surface area contributed by atoms with E-state index in [0.29, 0.717) is 13.2 Å². The van der Waals surface area contributed by atoms with Crippen LogP contribution in [0, 0.1) is 0 Å². The summed E-state index contributed by atoms with van der Waals surface area (Å²) in [5, 5.41) is 8.99. The van der Waals surface area contributed by atoms with Gasteiger partial charge >= 0.3 is 5.97 Å². The van der Waals surface area contributed by atoms with Gasteiger partial charge in [-0.3, -0.25) is 14.4 Å². The Labute approximate surface area is 166 Å². The molecule has 6 nitrogen and oxygen atoms in total. The fourth-order valence-electron chi connectivity index (χ4n) is 3.49. The van der Waals surface area contributed by atoms with Gasteiger partial charge in [-0.2, -0.15) is 0 Å². The lowest BCUT2D eigenvalue weighted by Gasteiger charge is -2.27. The molecule has 2 aliphatic heterocycles. The summed E-state index contributed by atoms with van der Waals surface area (Å²) in [6.07, 6.45) is 2.97. The molecule has 2 heterocycles. The number of Topliss-reactive ketones (excluding diaryl/α,β-unsaturated/α-hetero) is 1. The van der Waals surface area contributed by atoms with E-state index in [0.717, 1.165) is 12.8 Å². The fourth-order valence-corrected chi connectivity index (χ4v) is 4.64. The third-order valence-corrected chi connectivity index (χ3v) is 5.98. The molecular formula is C19H20ClNO5S. The van der Waals surface area contributed by atoms with Gasteiger partial charge in [0.25, 0.3) is 5.91 Å². The minimum atomic E-state index is -1.15. The predicted molar refractivity (Wildman–Crippen MR) is 103 cm³/mol. The van der Waals surface area contributed by atoms with Crippen molar-refractivity contribution in [3.8, 4) is 0 Å². The summed E-state index contributed by atoms with van der Waals surface area (Å²) < 4.78 is 5.63. The Hall–Kier alpha value is -1.83. The zero-order valence-electron chi connectivity index (χ0n) is 14.8. The van der Waals surface area contributed by atoms with Gasteiger partial charge in [-0.15, -0.1) is 11.8 Å². The van der Waals surface area contributed by atoms with E-state index in [4.69, 9.17) is 16.3 Å². The number of carbonyl (C=O) groups excluding carboxylic acids is 2. The van der Waals surface area contributed by atoms with Crippen LogP contribution in [0.1, 0.15) is 29.6 Å². The molecule has 0 spiro atoms. The van der Waals surface area contributed by atoms with Crippen LogP contribution in [0.4, 0.5) is 0 Å². The lowest BCUT2D eigenvalue weighted by molar-refractivity contribution is -0.137. The second kappa shape index (κ2) is 8.46. The number of ether oxygens (including phenoxy) is 1. The second-order valence-corrected chi connectivity index (χ2v) is 7.78. The van der Waals surface area contributed by atoms with Gasteiger partial charge in [0, 0.05) is 29.9 Å². The van der Waals surface area contributed by atoms with E-state index in [2.05, 4.69) is 0 Å². The van der Waals surface area contributed by atoms with Gasteiger partial charge in [-0.25, -0.2) is 0 Å². The zero-order valence-corrected chi connectivity index (χ0v) is 16.4. The number of rotatable bonds is 7. The molecule has 1 fully saturated rings. The largest absolute Gasteiger partial charge is 0.481 e. The maximum atomic E-state index is 13.2. The molecular weight excluding hydrogens is 390 g/mol. The summed E-state index contributed by atoms with van der Waals surface area (Å²) >= 11 is 7.50. The highest BCUT2D eigenvalue weighted by molar-refractivity contribution is 7.99. The molecule has 0 aliphatic carbocycles. The average Bonchev–Trinajstić information content (AvgIpc) is 3.23. The van der Waals surface area contributed by atoms with E-state index >= 15 is 0 Å². The summed E-state index contributed by atoms with van der Waals surface area (Å²) in [7, 11) is 0.